The van der Waals surface area contributed by atoms with Gasteiger partial charge in [-0.2, -0.15) is 0 Å². The Labute approximate surface area is 116 Å². The van der Waals surface area contributed by atoms with Crippen LogP contribution in [0.5, 0.6) is 5.75 Å². The number of aliphatic hydroxyl groups is 1. The van der Waals surface area contributed by atoms with Crippen LogP contribution < -0.4 is 10.1 Å². The standard InChI is InChI=1S/C16H25NO2/c1-4-12(9-10-18)11-17-15-13-7-5-6-8-14(13)19-16(15,2)3/h5-8,12,15,17-18H,4,9-11H2,1-3H3. The molecule has 0 bridgehead atoms. The molecule has 1 aromatic carbocycles. The minimum atomic E-state index is -0.221. The molecule has 1 aliphatic heterocycles. The lowest BCUT2D eigenvalue weighted by atomic mass is 9.93. The van der Waals surface area contributed by atoms with E-state index >= 15 is 0 Å². The van der Waals surface area contributed by atoms with Crippen molar-refractivity contribution in [3.63, 3.8) is 0 Å². The third-order valence-corrected chi connectivity index (χ3v) is 4.02. The van der Waals surface area contributed by atoms with Gasteiger partial charge in [-0.25, -0.2) is 0 Å². The molecule has 106 valence electrons. The average molecular weight is 263 g/mol. The molecule has 1 aliphatic rings. The van der Waals surface area contributed by atoms with E-state index in [9.17, 15) is 0 Å². The predicted molar refractivity (Wildman–Crippen MR) is 77.4 cm³/mol. The molecule has 0 radical (unpaired) electrons. The van der Waals surface area contributed by atoms with Gasteiger partial charge in [0, 0.05) is 12.2 Å². The van der Waals surface area contributed by atoms with Crippen molar-refractivity contribution in [3.8, 4) is 5.75 Å². The number of hydrogen-bond acceptors (Lipinski definition) is 3. The van der Waals surface area contributed by atoms with Gasteiger partial charge in [-0.05, 0) is 38.8 Å². The summed E-state index contributed by atoms with van der Waals surface area (Å²) in [6.45, 7) is 7.60. The molecule has 2 rings (SSSR count). The molecule has 0 saturated carbocycles. The molecule has 1 heterocycles. The van der Waals surface area contributed by atoms with E-state index in [1.54, 1.807) is 0 Å². The smallest absolute Gasteiger partial charge is 0.125 e. The highest BCUT2D eigenvalue weighted by molar-refractivity contribution is 5.42. The van der Waals surface area contributed by atoms with Crippen molar-refractivity contribution in [2.75, 3.05) is 13.2 Å². The minimum Gasteiger partial charge on any atom is -0.486 e. The number of rotatable bonds is 6. The maximum atomic E-state index is 9.07. The number of aliphatic hydroxyl groups excluding tert-OH is 1. The summed E-state index contributed by atoms with van der Waals surface area (Å²) in [5.74, 6) is 1.51. The lowest BCUT2D eigenvalue weighted by Crippen LogP contribution is -2.41. The Hall–Kier alpha value is -1.06. The molecule has 0 spiro atoms. The third kappa shape index (κ3) is 3.10. The van der Waals surface area contributed by atoms with Gasteiger partial charge in [-0.1, -0.05) is 31.5 Å². The summed E-state index contributed by atoms with van der Waals surface area (Å²) in [4.78, 5) is 0. The fourth-order valence-electron chi connectivity index (χ4n) is 2.80. The van der Waals surface area contributed by atoms with Crippen LogP contribution in [0.4, 0.5) is 0 Å². The molecule has 0 amide bonds. The molecular weight excluding hydrogens is 238 g/mol. The number of para-hydroxylation sites is 1. The first-order valence-electron chi connectivity index (χ1n) is 7.20. The van der Waals surface area contributed by atoms with E-state index in [1.807, 2.05) is 12.1 Å². The zero-order valence-electron chi connectivity index (χ0n) is 12.1. The second-order valence-electron chi connectivity index (χ2n) is 5.87. The van der Waals surface area contributed by atoms with Crippen LogP contribution in [0.2, 0.25) is 0 Å². The summed E-state index contributed by atoms with van der Waals surface area (Å²) in [6, 6.07) is 8.45. The molecule has 2 N–H and O–H groups in total. The first-order chi connectivity index (χ1) is 9.08. The number of ether oxygens (including phenoxy) is 1. The van der Waals surface area contributed by atoms with Gasteiger partial charge in [0.15, 0.2) is 0 Å². The van der Waals surface area contributed by atoms with E-state index in [0.717, 1.165) is 25.1 Å². The molecule has 0 fully saturated rings. The first-order valence-corrected chi connectivity index (χ1v) is 7.20. The summed E-state index contributed by atoms with van der Waals surface area (Å²) in [6.07, 6.45) is 1.95. The quantitative estimate of drug-likeness (QED) is 0.829. The Balaban J connectivity index is 2.06. The summed E-state index contributed by atoms with van der Waals surface area (Å²) < 4.78 is 6.02. The highest BCUT2D eigenvalue weighted by Crippen LogP contribution is 2.42. The van der Waals surface area contributed by atoms with Crippen molar-refractivity contribution in [1.29, 1.82) is 0 Å². The molecule has 3 heteroatoms. The number of fused-ring (bicyclic) bond motifs is 1. The summed E-state index contributed by atoms with van der Waals surface area (Å²) in [7, 11) is 0. The monoisotopic (exact) mass is 263 g/mol. The minimum absolute atomic E-state index is 0.219. The van der Waals surface area contributed by atoms with Crippen LogP contribution in [0, 0.1) is 5.92 Å². The Morgan fingerprint density at radius 3 is 2.79 bits per heavy atom. The van der Waals surface area contributed by atoms with Crippen LogP contribution >= 0.6 is 0 Å². The van der Waals surface area contributed by atoms with Gasteiger partial charge in [0.05, 0.1) is 6.04 Å². The molecule has 1 aromatic rings. The Morgan fingerprint density at radius 1 is 1.37 bits per heavy atom. The van der Waals surface area contributed by atoms with Gasteiger partial charge in [-0.15, -0.1) is 0 Å². The summed E-state index contributed by atoms with van der Waals surface area (Å²) in [5.41, 5.74) is 1.02. The SMILES string of the molecule is CCC(CCO)CNC1c2ccccc2OC1(C)C. The first kappa shape index (κ1) is 14.4. The van der Waals surface area contributed by atoms with Crippen molar-refractivity contribution in [2.24, 2.45) is 5.92 Å². The second-order valence-corrected chi connectivity index (χ2v) is 5.87. The molecule has 2 atom stereocenters. The lowest BCUT2D eigenvalue weighted by Gasteiger charge is -2.29. The zero-order chi connectivity index (χ0) is 13.9. The van der Waals surface area contributed by atoms with Crippen LogP contribution in [0.25, 0.3) is 0 Å². The highest BCUT2D eigenvalue weighted by atomic mass is 16.5. The van der Waals surface area contributed by atoms with Crippen LogP contribution in [0.3, 0.4) is 0 Å². The van der Waals surface area contributed by atoms with Gasteiger partial charge in [0.1, 0.15) is 11.4 Å². The lowest BCUT2D eigenvalue weighted by molar-refractivity contribution is 0.0935. The summed E-state index contributed by atoms with van der Waals surface area (Å²) >= 11 is 0. The molecular formula is C16H25NO2. The van der Waals surface area contributed by atoms with Gasteiger partial charge in [-0.3, -0.25) is 0 Å². The van der Waals surface area contributed by atoms with E-state index in [-0.39, 0.29) is 18.2 Å². The van der Waals surface area contributed by atoms with Crippen molar-refractivity contribution >= 4 is 0 Å². The number of hydrogen-bond donors (Lipinski definition) is 2. The molecule has 0 aromatic heterocycles. The highest BCUT2D eigenvalue weighted by Gasteiger charge is 2.40. The number of benzene rings is 1. The fourth-order valence-corrected chi connectivity index (χ4v) is 2.80. The third-order valence-electron chi connectivity index (χ3n) is 4.02. The largest absolute Gasteiger partial charge is 0.486 e. The van der Waals surface area contributed by atoms with Gasteiger partial charge >= 0.3 is 0 Å². The van der Waals surface area contributed by atoms with Crippen LogP contribution in [-0.4, -0.2) is 23.9 Å². The van der Waals surface area contributed by atoms with E-state index < -0.39 is 0 Å². The van der Waals surface area contributed by atoms with Crippen molar-refractivity contribution < 1.29 is 9.84 Å². The van der Waals surface area contributed by atoms with Crippen molar-refractivity contribution in [2.45, 2.75) is 45.3 Å². The van der Waals surface area contributed by atoms with E-state index in [0.29, 0.717) is 5.92 Å². The predicted octanol–water partition coefficient (Wildman–Crippen LogP) is 2.90. The van der Waals surface area contributed by atoms with Gasteiger partial charge in [0.2, 0.25) is 0 Å². The second kappa shape index (κ2) is 5.93. The Morgan fingerprint density at radius 2 is 2.11 bits per heavy atom. The molecule has 0 saturated heterocycles. The van der Waals surface area contributed by atoms with Gasteiger partial charge < -0.3 is 15.2 Å². The molecule has 2 unspecified atom stereocenters. The van der Waals surface area contributed by atoms with Crippen molar-refractivity contribution in [3.05, 3.63) is 29.8 Å². The fraction of sp³-hybridized carbons (Fsp3) is 0.625. The van der Waals surface area contributed by atoms with E-state index in [1.165, 1.54) is 5.56 Å². The normalized spacial score (nSPS) is 21.8. The van der Waals surface area contributed by atoms with Crippen LogP contribution in [0.15, 0.2) is 24.3 Å². The van der Waals surface area contributed by atoms with Gasteiger partial charge in [0.25, 0.3) is 0 Å². The summed E-state index contributed by atoms with van der Waals surface area (Å²) in [5, 5.41) is 12.7. The zero-order valence-corrected chi connectivity index (χ0v) is 12.1. The maximum absolute atomic E-state index is 9.07. The Bertz CT molecular complexity index is 417. The number of nitrogens with one attached hydrogen (secondary N) is 1. The van der Waals surface area contributed by atoms with Crippen LogP contribution in [-0.2, 0) is 0 Å². The molecule has 0 aliphatic carbocycles. The van der Waals surface area contributed by atoms with Crippen molar-refractivity contribution in [1.82, 2.24) is 5.32 Å². The average Bonchev–Trinajstić information content (AvgIpc) is 2.64. The van der Waals surface area contributed by atoms with E-state index in [2.05, 4.69) is 38.2 Å². The van der Waals surface area contributed by atoms with E-state index in [4.69, 9.17) is 9.84 Å². The molecule has 3 nitrogen and oxygen atoms in total. The van der Waals surface area contributed by atoms with Crippen LogP contribution in [0.1, 0.15) is 45.2 Å². The molecule has 19 heavy (non-hydrogen) atoms. The Kier molecular flexibility index (Phi) is 4.48. The maximum Gasteiger partial charge on any atom is 0.125 e. The topological polar surface area (TPSA) is 41.5 Å².